The standard InChI is InChI=1S/C16H16O5S/c1-20-15-16(22(18,19)12-5-3-2-4-6-12)11-8-7-10(9-11)13(16)14(17)21-15/h2-8,10-11,13,15H,9H2,1H3/t10-,11+,13-,15-,16+/m0/s1. The largest absolute Gasteiger partial charge is 0.434 e. The molecule has 2 fully saturated rings. The molecule has 1 heterocycles. The average molecular weight is 320 g/mol. The monoisotopic (exact) mass is 320 g/mol. The summed E-state index contributed by atoms with van der Waals surface area (Å²) in [6, 6.07) is 8.25. The van der Waals surface area contributed by atoms with E-state index in [1.807, 2.05) is 12.2 Å². The number of esters is 1. The highest BCUT2D eigenvalue weighted by Crippen LogP contribution is 2.61. The van der Waals surface area contributed by atoms with Crippen molar-refractivity contribution in [3.05, 3.63) is 42.5 Å². The molecule has 5 atom stereocenters. The first-order valence-electron chi connectivity index (χ1n) is 7.24. The van der Waals surface area contributed by atoms with E-state index in [1.165, 1.54) is 7.11 Å². The molecule has 116 valence electrons. The third kappa shape index (κ3) is 1.42. The van der Waals surface area contributed by atoms with Crippen LogP contribution in [0.25, 0.3) is 0 Å². The lowest BCUT2D eigenvalue weighted by atomic mass is 9.83. The van der Waals surface area contributed by atoms with Crippen molar-refractivity contribution >= 4 is 15.8 Å². The predicted octanol–water partition coefficient (Wildman–Crippen LogP) is 1.55. The summed E-state index contributed by atoms with van der Waals surface area (Å²) >= 11 is 0. The van der Waals surface area contributed by atoms with Crippen LogP contribution in [0.1, 0.15) is 6.42 Å². The molecule has 22 heavy (non-hydrogen) atoms. The summed E-state index contributed by atoms with van der Waals surface area (Å²) in [5.41, 5.74) is 0. The molecule has 0 spiro atoms. The number of fused-ring (bicyclic) bond motifs is 5. The van der Waals surface area contributed by atoms with Gasteiger partial charge in [-0.05, 0) is 24.5 Å². The Morgan fingerprint density at radius 3 is 2.64 bits per heavy atom. The van der Waals surface area contributed by atoms with Gasteiger partial charge >= 0.3 is 5.97 Å². The minimum absolute atomic E-state index is 0.0869. The van der Waals surface area contributed by atoms with Crippen molar-refractivity contribution in [3.8, 4) is 0 Å². The van der Waals surface area contributed by atoms with Crippen molar-refractivity contribution in [3.63, 3.8) is 0 Å². The molecule has 0 aromatic heterocycles. The summed E-state index contributed by atoms with van der Waals surface area (Å²) in [6.07, 6.45) is 3.43. The van der Waals surface area contributed by atoms with Gasteiger partial charge in [-0.2, -0.15) is 0 Å². The maximum atomic E-state index is 13.4. The van der Waals surface area contributed by atoms with Gasteiger partial charge in [-0.3, -0.25) is 4.79 Å². The van der Waals surface area contributed by atoms with E-state index in [4.69, 9.17) is 9.47 Å². The van der Waals surface area contributed by atoms with Gasteiger partial charge in [0.2, 0.25) is 6.29 Å². The van der Waals surface area contributed by atoms with Crippen LogP contribution in [0, 0.1) is 17.8 Å². The Hall–Kier alpha value is -1.66. The molecule has 0 N–H and O–H groups in total. The lowest BCUT2D eigenvalue weighted by Gasteiger charge is -2.36. The SMILES string of the molecule is CO[C@H]1OC(=O)[C@@H]2[C@H]3C=C[C@H](C3)[C@]12S(=O)(=O)c1ccccc1. The van der Waals surface area contributed by atoms with Crippen molar-refractivity contribution < 1.29 is 22.7 Å². The Morgan fingerprint density at radius 1 is 1.23 bits per heavy atom. The molecule has 3 aliphatic rings. The Bertz CT molecular complexity index is 754. The van der Waals surface area contributed by atoms with Crippen molar-refractivity contribution in [1.82, 2.24) is 0 Å². The van der Waals surface area contributed by atoms with Gasteiger partial charge in [0, 0.05) is 13.0 Å². The highest BCUT2D eigenvalue weighted by atomic mass is 32.2. The summed E-state index contributed by atoms with van der Waals surface area (Å²) in [7, 11) is -2.40. The summed E-state index contributed by atoms with van der Waals surface area (Å²) < 4.78 is 36.0. The Kier molecular flexibility index (Phi) is 2.81. The summed E-state index contributed by atoms with van der Waals surface area (Å²) in [6.45, 7) is 0. The highest BCUT2D eigenvalue weighted by molar-refractivity contribution is 7.93. The van der Waals surface area contributed by atoms with Crippen LogP contribution >= 0.6 is 0 Å². The molecule has 1 aliphatic heterocycles. The molecule has 1 aromatic rings. The molecular formula is C16H16O5S. The molecule has 1 saturated heterocycles. The van der Waals surface area contributed by atoms with Gasteiger partial charge in [-0.1, -0.05) is 30.4 Å². The normalized spacial score (nSPS) is 39.0. The van der Waals surface area contributed by atoms with Crippen LogP contribution in [0.3, 0.4) is 0 Å². The van der Waals surface area contributed by atoms with Gasteiger partial charge in [-0.15, -0.1) is 0 Å². The second kappa shape index (κ2) is 4.43. The number of hydrogen-bond acceptors (Lipinski definition) is 5. The fraction of sp³-hybridized carbons (Fsp3) is 0.438. The van der Waals surface area contributed by atoms with E-state index in [-0.39, 0.29) is 16.7 Å². The van der Waals surface area contributed by atoms with Crippen LogP contribution in [-0.2, 0) is 24.1 Å². The van der Waals surface area contributed by atoms with Crippen LogP contribution in [0.2, 0.25) is 0 Å². The van der Waals surface area contributed by atoms with E-state index < -0.39 is 32.8 Å². The molecule has 5 nitrogen and oxygen atoms in total. The topological polar surface area (TPSA) is 69.7 Å². The predicted molar refractivity (Wildman–Crippen MR) is 77.5 cm³/mol. The van der Waals surface area contributed by atoms with Gasteiger partial charge in [0.15, 0.2) is 14.6 Å². The lowest BCUT2D eigenvalue weighted by Crippen LogP contribution is -2.54. The van der Waals surface area contributed by atoms with Crippen LogP contribution in [0.15, 0.2) is 47.4 Å². The molecule has 2 aliphatic carbocycles. The quantitative estimate of drug-likeness (QED) is 0.624. The van der Waals surface area contributed by atoms with Crippen molar-refractivity contribution in [2.45, 2.75) is 22.4 Å². The maximum absolute atomic E-state index is 13.4. The van der Waals surface area contributed by atoms with Gasteiger partial charge in [0.05, 0.1) is 10.8 Å². The molecule has 4 rings (SSSR count). The van der Waals surface area contributed by atoms with Crippen LogP contribution in [-0.4, -0.2) is 32.5 Å². The van der Waals surface area contributed by atoms with E-state index >= 15 is 0 Å². The van der Waals surface area contributed by atoms with E-state index in [0.29, 0.717) is 6.42 Å². The van der Waals surface area contributed by atoms with E-state index in [0.717, 1.165) is 0 Å². The number of sulfone groups is 1. The second-order valence-corrected chi connectivity index (χ2v) is 8.23. The molecule has 1 aromatic carbocycles. The summed E-state index contributed by atoms with van der Waals surface area (Å²) in [5, 5.41) is 0. The number of benzene rings is 1. The van der Waals surface area contributed by atoms with E-state index in [1.54, 1.807) is 30.3 Å². The molecule has 6 heteroatoms. The zero-order valence-corrected chi connectivity index (χ0v) is 12.8. The first kappa shape index (κ1) is 14.0. The summed E-state index contributed by atoms with van der Waals surface area (Å²) in [4.78, 5) is 12.5. The molecule has 1 saturated carbocycles. The number of allylic oxidation sites excluding steroid dienone is 2. The Morgan fingerprint density at radius 2 is 1.95 bits per heavy atom. The van der Waals surface area contributed by atoms with Crippen LogP contribution in [0.5, 0.6) is 0 Å². The highest BCUT2D eigenvalue weighted by Gasteiger charge is 2.75. The van der Waals surface area contributed by atoms with Crippen molar-refractivity contribution in [2.24, 2.45) is 17.8 Å². The lowest BCUT2D eigenvalue weighted by molar-refractivity contribution is -0.162. The molecule has 0 unspecified atom stereocenters. The number of rotatable bonds is 3. The minimum Gasteiger partial charge on any atom is -0.434 e. The number of cyclic esters (lactones) is 1. The van der Waals surface area contributed by atoms with Gasteiger partial charge in [-0.25, -0.2) is 8.42 Å². The van der Waals surface area contributed by atoms with Crippen molar-refractivity contribution in [2.75, 3.05) is 7.11 Å². The fourth-order valence-electron chi connectivity index (χ4n) is 4.35. The molecule has 2 bridgehead atoms. The number of carbonyl (C=O) groups is 1. The molecule has 0 radical (unpaired) electrons. The minimum atomic E-state index is -3.78. The molecule has 0 amide bonds. The zero-order chi connectivity index (χ0) is 15.5. The van der Waals surface area contributed by atoms with Gasteiger partial charge in [0.25, 0.3) is 0 Å². The number of hydrogen-bond donors (Lipinski definition) is 0. The number of methoxy groups -OCH3 is 1. The van der Waals surface area contributed by atoms with Gasteiger partial charge in [0.1, 0.15) is 0 Å². The number of ether oxygens (including phenoxy) is 2. The third-order valence-corrected chi connectivity index (χ3v) is 7.76. The van der Waals surface area contributed by atoms with E-state index in [9.17, 15) is 13.2 Å². The van der Waals surface area contributed by atoms with Crippen LogP contribution in [0.4, 0.5) is 0 Å². The smallest absolute Gasteiger partial charge is 0.313 e. The third-order valence-electron chi connectivity index (χ3n) is 5.19. The van der Waals surface area contributed by atoms with E-state index in [2.05, 4.69) is 0 Å². The fourth-order valence-corrected chi connectivity index (χ4v) is 6.85. The second-order valence-electron chi connectivity index (χ2n) is 6.04. The molecular weight excluding hydrogens is 304 g/mol. The first-order valence-corrected chi connectivity index (χ1v) is 8.73. The Labute approximate surface area is 128 Å². The van der Waals surface area contributed by atoms with Crippen LogP contribution < -0.4 is 0 Å². The van der Waals surface area contributed by atoms with Gasteiger partial charge < -0.3 is 9.47 Å². The number of carbonyl (C=O) groups excluding carboxylic acids is 1. The maximum Gasteiger partial charge on any atom is 0.313 e. The Balaban J connectivity index is 1.97. The average Bonchev–Trinajstić information content (AvgIpc) is 3.19. The zero-order valence-electron chi connectivity index (χ0n) is 12.0. The first-order chi connectivity index (χ1) is 10.5. The summed E-state index contributed by atoms with van der Waals surface area (Å²) in [5.74, 6) is -1.50. The van der Waals surface area contributed by atoms with Crippen molar-refractivity contribution in [1.29, 1.82) is 0 Å².